The number of hydrogen-bond donors (Lipinski definition) is 1. The van der Waals surface area contributed by atoms with Crippen molar-refractivity contribution in [2.75, 3.05) is 26.7 Å². The topological polar surface area (TPSA) is 60.1 Å². The van der Waals surface area contributed by atoms with E-state index < -0.39 is 0 Å². The largest absolute Gasteiger partial charge is 0.497 e. The summed E-state index contributed by atoms with van der Waals surface area (Å²) in [6, 6.07) is 6.41. The molecule has 4 heterocycles. The van der Waals surface area contributed by atoms with E-state index in [-0.39, 0.29) is 0 Å². The number of likely N-dealkylation sites (tertiary alicyclic amines) is 1. The molecule has 0 spiro atoms. The maximum absolute atomic E-state index is 5.48. The molecule has 1 N–H and O–H groups in total. The van der Waals surface area contributed by atoms with Gasteiger partial charge in [-0.15, -0.1) is 10.2 Å². The van der Waals surface area contributed by atoms with Crippen LogP contribution in [0.4, 0.5) is 0 Å². The molecule has 7 heteroatoms. The standard InChI is InChI=1S/C22H30N6O/c1-3-27-15-17(19-11-18(29-2)6-7-20(19)27)14-26-9-4-5-16(13-26)22-25-24-21-12-23-8-10-28(21)22/h6-7,11,15-16,23H,3-5,8-10,12-14H2,1-2H3/t16-/m1/s1. The van der Waals surface area contributed by atoms with Crippen LogP contribution in [0.3, 0.4) is 0 Å². The van der Waals surface area contributed by atoms with Gasteiger partial charge in [0, 0.05) is 55.7 Å². The molecule has 1 aromatic carbocycles. The highest BCUT2D eigenvalue weighted by atomic mass is 16.5. The first-order valence-electron chi connectivity index (χ1n) is 10.8. The number of benzene rings is 1. The fourth-order valence-corrected chi connectivity index (χ4v) is 4.93. The number of piperidine rings is 1. The van der Waals surface area contributed by atoms with Gasteiger partial charge in [0.15, 0.2) is 0 Å². The summed E-state index contributed by atoms with van der Waals surface area (Å²) in [5.41, 5.74) is 2.67. The van der Waals surface area contributed by atoms with Crippen LogP contribution < -0.4 is 10.1 Å². The second kappa shape index (κ2) is 7.80. The third-order valence-electron chi connectivity index (χ3n) is 6.43. The molecule has 5 rings (SSSR count). The third kappa shape index (κ3) is 3.42. The maximum atomic E-state index is 5.48. The molecule has 154 valence electrons. The molecular weight excluding hydrogens is 364 g/mol. The lowest BCUT2D eigenvalue weighted by atomic mass is 9.96. The van der Waals surface area contributed by atoms with E-state index in [0.29, 0.717) is 5.92 Å². The first-order valence-corrected chi connectivity index (χ1v) is 10.8. The monoisotopic (exact) mass is 394 g/mol. The van der Waals surface area contributed by atoms with Gasteiger partial charge in [-0.2, -0.15) is 0 Å². The van der Waals surface area contributed by atoms with Gasteiger partial charge in [-0.1, -0.05) is 0 Å². The van der Waals surface area contributed by atoms with Crippen LogP contribution in [-0.2, 0) is 26.2 Å². The van der Waals surface area contributed by atoms with E-state index in [2.05, 4.69) is 60.9 Å². The van der Waals surface area contributed by atoms with Gasteiger partial charge in [-0.25, -0.2) is 0 Å². The quantitative estimate of drug-likeness (QED) is 0.721. The molecule has 0 saturated carbocycles. The molecule has 2 aromatic heterocycles. The highest BCUT2D eigenvalue weighted by molar-refractivity contribution is 5.85. The predicted molar refractivity (Wildman–Crippen MR) is 113 cm³/mol. The summed E-state index contributed by atoms with van der Waals surface area (Å²) in [6.07, 6.45) is 4.73. The van der Waals surface area contributed by atoms with Gasteiger partial charge in [0.2, 0.25) is 0 Å². The average molecular weight is 395 g/mol. The van der Waals surface area contributed by atoms with E-state index in [1.54, 1.807) is 7.11 Å². The van der Waals surface area contributed by atoms with Gasteiger partial charge in [0.05, 0.1) is 13.7 Å². The Morgan fingerprint density at radius 3 is 3.03 bits per heavy atom. The number of rotatable bonds is 5. The van der Waals surface area contributed by atoms with Crippen molar-refractivity contribution < 1.29 is 4.74 Å². The Kier molecular flexibility index (Phi) is 5.01. The van der Waals surface area contributed by atoms with Crippen LogP contribution in [-0.4, -0.2) is 51.0 Å². The summed E-state index contributed by atoms with van der Waals surface area (Å²) in [7, 11) is 1.74. The van der Waals surface area contributed by atoms with Crippen LogP contribution in [0.25, 0.3) is 10.9 Å². The van der Waals surface area contributed by atoms with Crippen LogP contribution in [0.2, 0.25) is 0 Å². The number of nitrogens with one attached hydrogen (secondary N) is 1. The van der Waals surface area contributed by atoms with Gasteiger partial charge >= 0.3 is 0 Å². The van der Waals surface area contributed by atoms with Crippen molar-refractivity contribution in [1.82, 2.24) is 29.5 Å². The molecule has 3 aromatic rings. The minimum Gasteiger partial charge on any atom is -0.497 e. The molecule has 0 unspecified atom stereocenters. The first kappa shape index (κ1) is 18.6. The lowest BCUT2D eigenvalue weighted by Gasteiger charge is -2.32. The molecule has 7 nitrogen and oxygen atoms in total. The van der Waals surface area contributed by atoms with Crippen LogP contribution in [0.5, 0.6) is 5.75 Å². The van der Waals surface area contributed by atoms with Crippen LogP contribution >= 0.6 is 0 Å². The third-order valence-corrected chi connectivity index (χ3v) is 6.43. The predicted octanol–water partition coefficient (Wildman–Crippen LogP) is 2.74. The van der Waals surface area contributed by atoms with Crippen LogP contribution in [0.1, 0.15) is 42.9 Å². The van der Waals surface area contributed by atoms with E-state index in [0.717, 1.165) is 57.4 Å². The first-order chi connectivity index (χ1) is 14.3. The van der Waals surface area contributed by atoms with Crippen LogP contribution in [0.15, 0.2) is 24.4 Å². The summed E-state index contributed by atoms with van der Waals surface area (Å²) in [5.74, 6) is 3.66. The van der Waals surface area contributed by atoms with E-state index >= 15 is 0 Å². The minimum atomic E-state index is 0.470. The lowest BCUT2D eigenvalue weighted by molar-refractivity contribution is 0.194. The fourth-order valence-electron chi connectivity index (χ4n) is 4.93. The van der Waals surface area contributed by atoms with Crippen LogP contribution in [0, 0.1) is 0 Å². The lowest BCUT2D eigenvalue weighted by Crippen LogP contribution is -2.36. The summed E-state index contributed by atoms with van der Waals surface area (Å²) in [4.78, 5) is 2.59. The Morgan fingerprint density at radius 1 is 1.24 bits per heavy atom. The summed E-state index contributed by atoms with van der Waals surface area (Å²) in [6.45, 7) is 9.16. The van der Waals surface area contributed by atoms with Crippen molar-refractivity contribution in [2.45, 2.75) is 51.9 Å². The number of aryl methyl sites for hydroxylation is 1. The molecule has 1 atom stereocenters. The van der Waals surface area contributed by atoms with Gasteiger partial charge in [0.1, 0.15) is 17.4 Å². The Hall–Kier alpha value is -2.38. The number of hydrogen-bond acceptors (Lipinski definition) is 5. The molecule has 2 aliphatic rings. The normalized spacial score (nSPS) is 20.1. The summed E-state index contributed by atoms with van der Waals surface area (Å²) in [5, 5.41) is 13.7. The number of aromatic nitrogens is 4. The molecule has 0 radical (unpaired) electrons. The number of fused-ring (bicyclic) bond motifs is 2. The zero-order chi connectivity index (χ0) is 19.8. The SMILES string of the molecule is CCn1cc(CN2CCC[C@@H](c3nnc4n3CCNC4)C2)c2cc(OC)ccc21. The smallest absolute Gasteiger partial charge is 0.147 e. The van der Waals surface area contributed by atoms with E-state index in [9.17, 15) is 0 Å². The Morgan fingerprint density at radius 2 is 2.17 bits per heavy atom. The second-order valence-electron chi connectivity index (χ2n) is 8.20. The second-order valence-corrected chi connectivity index (χ2v) is 8.20. The molecule has 1 saturated heterocycles. The molecule has 1 fully saturated rings. The van der Waals surface area contributed by atoms with E-state index in [4.69, 9.17) is 4.74 Å². The van der Waals surface area contributed by atoms with Gasteiger partial charge in [-0.3, -0.25) is 4.90 Å². The summed E-state index contributed by atoms with van der Waals surface area (Å²) < 4.78 is 10.2. The zero-order valence-corrected chi connectivity index (χ0v) is 17.4. The average Bonchev–Trinajstić information content (AvgIpc) is 3.35. The van der Waals surface area contributed by atoms with Gasteiger partial charge < -0.3 is 19.2 Å². The highest BCUT2D eigenvalue weighted by Crippen LogP contribution is 2.31. The number of nitrogens with zero attached hydrogens (tertiary/aromatic N) is 5. The van der Waals surface area contributed by atoms with Crippen molar-refractivity contribution in [3.05, 3.63) is 41.6 Å². The Bertz CT molecular complexity index is 1010. The molecule has 29 heavy (non-hydrogen) atoms. The molecule has 0 aliphatic carbocycles. The molecule has 2 aliphatic heterocycles. The number of ether oxygens (including phenoxy) is 1. The van der Waals surface area contributed by atoms with Gasteiger partial charge in [0.25, 0.3) is 0 Å². The summed E-state index contributed by atoms with van der Waals surface area (Å²) >= 11 is 0. The fraction of sp³-hybridized carbons (Fsp3) is 0.545. The minimum absolute atomic E-state index is 0.470. The zero-order valence-electron chi connectivity index (χ0n) is 17.4. The Balaban J connectivity index is 1.39. The van der Waals surface area contributed by atoms with Gasteiger partial charge in [-0.05, 0) is 50.1 Å². The Labute approximate surface area is 171 Å². The molecule has 0 bridgehead atoms. The maximum Gasteiger partial charge on any atom is 0.147 e. The van der Waals surface area contributed by atoms with Crippen molar-refractivity contribution in [2.24, 2.45) is 0 Å². The molecule has 0 amide bonds. The van der Waals surface area contributed by atoms with Crippen molar-refractivity contribution in [3.63, 3.8) is 0 Å². The van der Waals surface area contributed by atoms with E-state index in [1.165, 1.54) is 35.1 Å². The number of methoxy groups -OCH3 is 1. The van der Waals surface area contributed by atoms with Crippen molar-refractivity contribution in [3.8, 4) is 5.75 Å². The van der Waals surface area contributed by atoms with Crippen molar-refractivity contribution in [1.29, 1.82) is 0 Å². The van der Waals surface area contributed by atoms with E-state index in [1.807, 2.05) is 0 Å². The molecular formula is C22H30N6O. The highest BCUT2D eigenvalue weighted by Gasteiger charge is 2.28. The van der Waals surface area contributed by atoms with Crippen molar-refractivity contribution >= 4 is 10.9 Å².